The van der Waals surface area contributed by atoms with Crippen LogP contribution in [0, 0.1) is 0 Å². The lowest BCUT2D eigenvalue weighted by molar-refractivity contribution is 0.462. The molecule has 2 fully saturated rings. The summed E-state index contributed by atoms with van der Waals surface area (Å²) < 4.78 is 0. The Morgan fingerprint density at radius 2 is 1.80 bits per heavy atom. The van der Waals surface area contributed by atoms with Gasteiger partial charge in [0.1, 0.15) is 12.1 Å². The summed E-state index contributed by atoms with van der Waals surface area (Å²) in [6.07, 6.45) is 11.0. The van der Waals surface area contributed by atoms with Crippen molar-refractivity contribution in [1.82, 2.24) is 9.97 Å². The number of aromatic nitrogens is 2. The van der Waals surface area contributed by atoms with E-state index in [9.17, 15) is 0 Å². The van der Waals surface area contributed by atoms with Crippen molar-refractivity contribution >= 4 is 16.7 Å². The number of rotatable bonds is 3. The highest BCUT2D eigenvalue weighted by Crippen LogP contribution is 2.41. The largest absolute Gasteiger partial charge is 0.367 e. The minimum atomic E-state index is 0.589. The molecule has 4 rings (SSSR count). The average Bonchev–Trinajstić information content (AvgIpc) is 3.33. The Balaban J connectivity index is 1.67. The van der Waals surface area contributed by atoms with Gasteiger partial charge in [-0.25, -0.2) is 9.97 Å². The lowest BCUT2D eigenvalue weighted by Gasteiger charge is -2.23. The van der Waals surface area contributed by atoms with Gasteiger partial charge < -0.3 is 5.32 Å². The van der Waals surface area contributed by atoms with E-state index in [2.05, 4.69) is 33.5 Å². The molecular formula is C17H21N3. The summed E-state index contributed by atoms with van der Waals surface area (Å²) in [6.45, 7) is 0. The van der Waals surface area contributed by atoms with Crippen LogP contribution in [0.2, 0.25) is 0 Å². The van der Waals surface area contributed by atoms with Gasteiger partial charge in [-0.2, -0.15) is 0 Å². The third-order valence-electron chi connectivity index (χ3n) is 4.65. The maximum absolute atomic E-state index is 4.50. The van der Waals surface area contributed by atoms with Crippen LogP contribution in [-0.2, 0) is 0 Å². The van der Waals surface area contributed by atoms with Gasteiger partial charge in [-0.3, -0.25) is 0 Å². The summed E-state index contributed by atoms with van der Waals surface area (Å²) in [6, 6.07) is 7.28. The normalized spacial score (nSPS) is 20.2. The first-order chi connectivity index (χ1) is 9.90. The number of nitrogens with one attached hydrogen (secondary N) is 1. The van der Waals surface area contributed by atoms with Crippen LogP contribution in [0.15, 0.2) is 24.5 Å². The first-order valence-corrected chi connectivity index (χ1v) is 7.91. The van der Waals surface area contributed by atoms with Crippen LogP contribution in [0.25, 0.3) is 10.9 Å². The zero-order valence-electron chi connectivity index (χ0n) is 11.8. The maximum atomic E-state index is 4.50. The van der Waals surface area contributed by atoms with Gasteiger partial charge in [-0.05, 0) is 49.3 Å². The molecule has 20 heavy (non-hydrogen) atoms. The van der Waals surface area contributed by atoms with Crippen LogP contribution in [0.5, 0.6) is 0 Å². The second-order valence-electron chi connectivity index (χ2n) is 6.25. The van der Waals surface area contributed by atoms with Crippen molar-refractivity contribution in [3.05, 3.63) is 30.1 Å². The summed E-state index contributed by atoms with van der Waals surface area (Å²) >= 11 is 0. The van der Waals surface area contributed by atoms with E-state index in [0.717, 1.165) is 17.3 Å². The van der Waals surface area contributed by atoms with Gasteiger partial charge in [0.25, 0.3) is 0 Å². The number of nitrogens with zero attached hydrogens (tertiary/aromatic N) is 2. The van der Waals surface area contributed by atoms with E-state index in [1.54, 1.807) is 6.33 Å². The number of hydrogen-bond acceptors (Lipinski definition) is 3. The first kappa shape index (κ1) is 12.1. The van der Waals surface area contributed by atoms with Gasteiger partial charge in [0.05, 0.1) is 5.52 Å². The third-order valence-corrected chi connectivity index (χ3v) is 4.65. The highest BCUT2D eigenvalue weighted by atomic mass is 15.0. The van der Waals surface area contributed by atoms with Crippen molar-refractivity contribution in [3.63, 3.8) is 0 Å². The SMILES string of the molecule is c1nc(NC2CCCCC2)c2cc(C3CC3)ccc2n1. The van der Waals surface area contributed by atoms with Crippen molar-refractivity contribution in [3.8, 4) is 0 Å². The van der Waals surface area contributed by atoms with Gasteiger partial charge in [0.15, 0.2) is 0 Å². The summed E-state index contributed by atoms with van der Waals surface area (Å²) in [7, 11) is 0. The molecule has 2 aliphatic carbocycles. The topological polar surface area (TPSA) is 37.8 Å². The Labute approximate surface area is 119 Å². The van der Waals surface area contributed by atoms with E-state index >= 15 is 0 Å². The Kier molecular flexibility index (Phi) is 3.06. The van der Waals surface area contributed by atoms with Gasteiger partial charge in [0, 0.05) is 11.4 Å². The van der Waals surface area contributed by atoms with Crippen LogP contribution >= 0.6 is 0 Å². The van der Waals surface area contributed by atoms with E-state index in [1.807, 2.05) is 0 Å². The van der Waals surface area contributed by atoms with Crippen molar-refractivity contribution in [1.29, 1.82) is 0 Å². The zero-order valence-corrected chi connectivity index (χ0v) is 11.8. The molecule has 0 spiro atoms. The molecule has 1 heterocycles. The molecule has 3 nitrogen and oxygen atoms in total. The predicted octanol–water partition coefficient (Wildman–Crippen LogP) is 4.25. The minimum absolute atomic E-state index is 0.589. The highest BCUT2D eigenvalue weighted by molar-refractivity contribution is 5.89. The Bertz CT molecular complexity index is 613. The lowest BCUT2D eigenvalue weighted by Crippen LogP contribution is -2.23. The van der Waals surface area contributed by atoms with Crippen molar-refractivity contribution < 1.29 is 0 Å². The molecular weight excluding hydrogens is 246 g/mol. The summed E-state index contributed by atoms with van der Waals surface area (Å²) in [5, 5.41) is 4.86. The predicted molar refractivity (Wildman–Crippen MR) is 82.0 cm³/mol. The van der Waals surface area contributed by atoms with E-state index in [1.165, 1.54) is 55.9 Å². The lowest BCUT2D eigenvalue weighted by atomic mass is 9.95. The maximum Gasteiger partial charge on any atom is 0.137 e. The van der Waals surface area contributed by atoms with Crippen LogP contribution in [-0.4, -0.2) is 16.0 Å². The zero-order chi connectivity index (χ0) is 13.4. The fourth-order valence-corrected chi connectivity index (χ4v) is 3.30. The molecule has 0 atom stereocenters. The smallest absolute Gasteiger partial charge is 0.137 e. The molecule has 2 saturated carbocycles. The fourth-order valence-electron chi connectivity index (χ4n) is 3.30. The Morgan fingerprint density at radius 3 is 2.60 bits per heavy atom. The van der Waals surface area contributed by atoms with E-state index in [4.69, 9.17) is 0 Å². The Morgan fingerprint density at radius 1 is 0.950 bits per heavy atom. The van der Waals surface area contributed by atoms with Crippen LogP contribution in [0.3, 0.4) is 0 Å². The van der Waals surface area contributed by atoms with Crippen molar-refractivity contribution in [2.75, 3.05) is 5.32 Å². The van der Waals surface area contributed by atoms with Gasteiger partial charge in [-0.1, -0.05) is 25.3 Å². The molecule has 1 aromatic heterocycles. The number of hydrogen-bond donors (Lipinski definition) is 1. The van der Waals surface area contributed by atoms with Crippen molar-refractivity contribution in [2.45, 2.75) is 56.9 Å². The second-order valence-corrected chi connectivity index (χ2v) is 6.25. The van der Waals surface area contributed by atoms with Crippen molar-refractivity contribution in [2.24, 2.45) is 0 Å². The Hall–Kier alpha value is -1.64. The fraction of sp³-hybridized carbons (Fsp3) is 0.529. The number of anilines is 1. The second kappa shape index (κ2) is 5.04. The first-order valence-electron chi connectivity index (χ1n) is 7.91. The van der Waals surface area contributed by atoms with Crippen LogP contribution in [0.4, 0.5) is 5.82 Å². The molecule has 1 aromatic carbocycles. The molecule has 0 amide bonds. The van der Waals surface area contributed by atoms with Gasteiger partial charge in [-0.15, -0.1) is 0 Å². The standard InChI is InChI=1S/C17H21N3/c1-2-4-14(5-3-1)20-17-15-10-13(12-6-7-12)8-9-16(15)18-11-19-17/h8-12,14H,1-7H2,(H,18,19,20). The monoisotopic (exact) mass is 267 g/mol. The quantitative estimate of drug-likeness (QED) is 0.903. The molecule has 104 valence electrons. The average molecular weight is 267 g/mol. The highest BCUT2D eigenvalue weighted by Gasteiger charge is 2.24. The third kappa shape index (κ3) is 2.37. The van der Waals surface area contributed by atoms with E-state index in [0.29, 0.717) is 6.04 Å². The van der Waals surface area contributed by atoms with Crippen LogP contribution < -0.4 is 5.32 Å². The molecule has 2 aromatic rings. The van der Waals surface area contributed by atoms with Crippen LogP contribution in [0.1, 0.15) is 56.4 Å². The van der Waals surface area contributed by atoms with E-state index < -0.39 is 0 Å². The summed E-state index contributed by atoms with van der Waals surface area (Å²) in [4.78, 5) is 8.90. The molecule has 0 radical (unpaired) electrons. The van der Waals surface area contributed by atoms with E-state index in [-0.39, 0.29) is 0 Å². The van der Waals surface area contributed by atoms with Gasteiger partial charge >= 0.3 is 0 Å². The molecule has 2 aliphatic rings. The summed E-state index contributed by atoms with van der Waals surface area (Å²) in [5.41, 5.74) is 2.52. The van der Waals surface area contributed by atoms with Gasteiger partial charge in [0.2, 0.25) is 0 Å². The number of fused-ring (bicyclic) bond motifs is 1. The molecule has 0 bridgehead atoms. The minimum Gasteiger partial charge on any atom is -0.367 e. The molecule has 3 heteroatoms. The molecule has 0 aliphatic heterocycles. The molecule has 0 unspecified atom stereocenters. The summed E-state index contributed by atoms with van der Waals surface area (Å²) in [5.74, 6) is 1.81. The molecule has 0 saturated heterocycles. The molecule has 1 N–H and O–H groups in total. The number of benzene rings is 1.